The van der Waals surface area contributed by atoms with Gasteiger partial charge >= 0.3 is 5.97 Å². The topological polar surface area (TPSA) is 80.6 Å². The first-order valence-corrected chi connectivity index (χ1v) is 14.7. The zero-order chi connectivity index (χ0) is 27.4. The van der Waals surface area contributed by atoms with E-state index in [-0.39, 0.29) is 12.3 Å². The molecule has 0 aromatic heterocycles. The van der Waals surface area contributed by atoms with Crippen LogP contribution in [0.3, 0.4) is 0 Å². The van der Waals surface area contributed by atoms with E-state index in [0.717, 1.165) is 21.8 Å². The van der Waals surface area contributed by atoms with Gasteiger partial charge in [0.1, 0.15) is 0 Å². The number of nitrogens with zero attached hydrogens (tertiary/aromatic N) is 1. The van der Waals surface area contributed by atoms with Crippen molar-refractivity contribution < 1.29 is 24.6 Å². The van der Waals surface area contributed by atoms with Gasteiger partial charge in [-0.25, -0.2) is 4.79 Å². The quantitative estimate of drug-likeness (QED) is 0.113. The van der Waals surface area contributed by atoms with Gasteiger partial charge in [0.05, 0.1) is 26.2 Å². The lowest BCUT2D eigenvalue weighted by molar-refractivity contribution is -0.909. The average molecular weight is 516 g/mol. The molecule has 0 fully saturated rings. The molecule has 5 heteroatoms. The van der Waals surface area contributed by atoms with Crippen LogP contribution in [0.15, 0.2) is 36.4 Å². The van der Waals surface area contributed by atoms with Gasteiger partial charge < -0.3 is 19.8 Å². The Kier molecular flexibility index (Phi) is 17.7. The molecule has 0 aliphatic heterocycles. The number of hydrogen-bond acceptors (Lipinski definition) is 3. The SMILES string of the molecule is CCCCCCCCCCCCCCCCCC[N+](C)(C)CO.O=C(O)c1cc2ccccc2cc1[O-]. The number of hydrogen-bond donors (Lipinski definition) is 2. The standard InChI is InChI=1S/C21H46NO.C11H8O3/c1-4-5-6-7-8-9-10-11-12-13-14-15-16-17-18-19-20-22(2,3)21-23;12-10-6-8-4-2-1-3-7(8)5-9(10)11(13)14/h23H,4-21H2,1-3H3;1-6,12H,(H,13,14)/q+1;/p-1. The second-order valence-corrected chi connectivity index (χ2v) is 11.1. The Balaban J connectivity index is 0.000000411. The molecule has 2 N–H and O–H groups in total. The monoisotopic (exact) mass is 515 g/mol. The van der Waals surface area contributed by atoms with E-state index < -0.39 is 11.7 Å². The van der Waals surface area contributed by atoms with Crippen LogP contribution in [0, 0.1) is 0 Å². The number of aromatic carboxylic acids is 1. The first-order valence-electron chi connectivity index (χ1n) is 14.7. The van der Waals surface area contributed by atoms with Crippen molar-refractivity contribution >= 4 is 16.7 Å². The fourth-order valence-corrected chi connectivity index (χ4v) is 4.55. The Morgan fingerprint density at radius 2 is 1.14 bits per heavy atom. The molecule has 0 bridgehead atoms. The van der Waals surface area contributed by atoms with Gasteiger partial charge in [0.15, 0.2) is 6.73 Å². The molecule has 2 aromatic carbocycles. The van der Waals surface area contributed by atoms with Crippen LogP contribution in [0.2, 0.25) is 0 Å². The predicted molar refractivity (Wildman–Crippen MR) is 154 cm³/mol. The van der Waals surface area contributed by atoms with Gasteiger partial charge in [0.25, 0.3) is 0 Å². The van der Waals surface area contributed by atoms with E-state index in [4.69, 9.17) is 5.11 Å². The number of carboxylic acids is 1. The lowest BCUT2D eigenvalue weighted by atomic mass is 10.0. The summed E-state index contributed by atoms with van der Waals surface area (Å²) in [6, 6.07) is 9.92. The molecule has 0 radical (unpaired) electrons. The maximum Gasteiger partial charge on any atom is 0.335 e. The summed E-state index contributed by atoms with van der Waals surface area (Å²) < 4.78 is 0.749. The lowest BCUT2D eigenvalue weighted by Gasteiger charge is -2.26. The summed E-state index contributed by atoms with van der Waals surface area (Å²) >= 11 is 0. The van der Waals surface area contributed by atoms with Crippen LogP contribution in [-0.2, 0) is 0 Å². The van der Waals surface area contributed by atoms with E-state index in [1.54, 1.807) is 18.2 Å². The van der Waals surface area contributed by atoms with Crippen molar-refractivity contribution in [1.82, 2.24) is 0 Å². The number of benzene rings is 2. The normalized spacial score (nSPS) is 11.4. The smallest absolute Gasteiger partial charge is 0.335 e. The van der Waals surface area contributed by atoms with Crippen molar-refractivity contribution in [3.05, 3.63) is 42.0 Å². The van der Waals surface area contributed by atoms with E-state index in [0.29, 0.717) is 0 Å². The van der Waals surface area contributed by atoms with Crippen LogP contribution >= 0.6 is 0 Å². The summed E-state index contributed by atoms with van der Waals surface area (Å²) in [5.74, 6) is -1.63. The largest absolute Gasteiger partial charge is 0.872 e. The minimum absolute atomic E-state index is 0.177. The van der Waals surface area contributed by atoms with Crippen LogP contribution in [-0.4, -0.2) is 48.0 Å². The average Bonchev–Trinajstić information content (AvgIpc) is 2.88. The van der Waals surface area contributed by atoms with Crippen molar-refractivity contribution in [1.29, 1.82) is 0 Å². The summed E-state index contributed by atoms with van der Waals surface area (Å²) in [4.78, 5) is 10.7. The molecule has 0 aliphatic carbocycles. The molecule has 0 amide bonds. The molecule has 0 saturated heterocycles. The van der Waals surface area contributed by atoms with E-state index in [1.165, 1.54) is 115 Å². The molecule has 0 atom stereocenters. The zero-order valence-corrected chi connectivity index (χ0v) is 23.9. The van der Waals surface area contributed by atoms with Gasteiger partial charge in [-0.1, -0.05) is 133 Å². The molecular weight excluding hydrogens is 462 g/mol. The Morgan fingerprint density at radius 3 is 1.54 bits per heavy atom. The third-order valence-corrected chi connectivity index (χ3v) is 7.08. The van der Waals surface area contributed by atoms with Crippen LogP contribution in [0.1, 0.15) is 120 Å². The molecule has 5 nitrogen and oxygen atoms in total. The predicted octanol–water partition coefficient (Wildman–Crippen LogP) is 7.89. The maximum absolute atomic E-state index is 11.3. The van der Waals surface area contributed by atoms with E-state index >= 15 is 0 Å². The van der Waals surface area contributed by atoms with Crippen LogP contribution in [0.25, 0.3) is 10.8 Å². The van der Waals surface area contributed by atoms with Gasteiger partial charge in [0.2, 0.25) is 0 Å². The molecular formula is C32H53NO4. The van der Waals surface area contributed by atoms with E-state index in [9.17, 15) is 15.0 Å². The second kappa shape index (κ2) is 19.9. The molecule has 2 rings (SSSR count). The van der Waals surface area contributed by atoms with Crippen LogP contribution < -0.4 is 5.11 Å². The highest BCUT2D eigenvalue weighted by Crippen LogP contribution is 2.22. The molecule has 0 spiro atoms. The van der Waals surface area contributed by atoms with Crippen molar-refractivity contribution in [2.45, 2.75) is 110 Å². The lowest BCUT2D eigenvalue weighted by Crippen LogP contribution is -2.41. The number of carbonyl (C=O) groups is 1. The number of rotatable bonds is 19. The Morgan fingerprint density at radius 1 is 0.730 bits per heavy atom. The third-order valence-electron chi connectivity index (χ3n) is 7.08. The Hall–Kier alpha value is -2.11. The van der Waals surface area contributed by atoms with E-state index in [2.05, 4.69) is 21.0 Å². The van der Waals surface area contributed by atoms with Gasteiger partial charge in [-0.05, 0) is 29.7 Å². The van der Waals surface area contributed by atoms with Crippen molar-refractivity contribution in [2.24, 2.45) is 0 Å². The Bertz CT molecular complexity index is 865. The van der Waals surface area contributed by atoms with Gasteiger partial charge in [-0.2, -0.15) is 0 Å². The summed E-state index contributed by atoms with van der Waals surface area (Å²) in [7, 11) is 4.20. The highest BCUT2D eigenvalue weighted by atomic mass is 16.4. The minimum atomic E-state index is -1.18. The molecule has 0 heterocycles. The highest BCUT2D eigenvalue weighted by molar-refractivity contribution is 5.97. The minimum Gasteiger partial charge on any atom is -0.872 e. The second-order valence-electron chi connectivity index (χ2n) is 11.1. The number of fused-ring (bicyclic) bond motifs is 1. The zero-order valence-electron chi connectivity index (χ0n) is 23.9. The third kappa shape index (κ3) is 15.7. The van der Waals surface area contributed by atoms with Crippen molar-refractivity contribution in [3.8, 4) is 5.75 Å². The fourth-order valence-electron chi connectivity index (χ4n) is 4.55. The molecule has 0 saturated carbocycles. The number of unbranched alkanes of at least 4 members (excludes halogenated alkanes) is 15. The summed E-state index contributed by atoms with van der Waals surface area (Å²) in [5.41, 5.74) is -0.177. The number of carboxylic acid groups (broad SMARTS) is 1. The van der Waals surface area contributed by atoms with Crippen molar-refractivity contribution in [3.63, 3.8) is 0 Å². The van der Waals surface area contributed by atoms with Crippen molar-refractivity contribution in [2.75, 3.05) is 27.4 Å². The Labute approximate surface area is 226 Å². The summed E-state index contributed by atoms with van der Waals surface area (Å²) in [6.07, 6.45) is 22.7. The first kappa shape index (κ1) is 32.9. The number of aliphatic hydroxyl groups is 1. The molecule has 0 aliphatic rings. The molecule has 210 valence electrons. The van der Waals surface area contributed by atoms with Crippen LogP contribution in [0.5, 0.6) is 5.75 Å². The maximum atomic E-state index is 11.3. The molecule has 2 aromatic rings. The highest BCUT2D eigenvalue weighted by Gasteiger charge is 2.11. The molecule has 37 heavy (non-hydrogen) atoms. The fraction of sp³-hybridized carbons (Fsp3) is 0.656. The molecule has 0 unspecified atom stereocenters. The number of quaternary nitrogens is 1. The summed E-state index contributed by atoms with van der Waals surface area (Å²) in [6.45, 7) is 3.66. The van der Waals surface area contributed by atoms with Crippen LogP contribution in [0.4, 0.5) is 0 Å². The van der Waals surface area contributed by atoms with E-state index in [1.807, 2.05) is 6.07 Å². The first-order chi connectivity index (χ1) is 17.8. The van der Waals surface area contributed by atoms with Gasteiger partial charge in [0, 0.05) is 0 Å². The van der Waals surface area contributed by atoms with Gasteiger partial charge in [-0.15, -0.1) is 0 Å². The summed E-state index contributed by atoms with van der Waals surface area (Å²) in [5, 5.41) is 30.7. The van der Waals surface area contributed by atoms with Gasteiger partial charge in [-0.3, -0.25) is 0 Å². The number of aliphatic hydroxyl groups excluding tert-OH is 1.